The van der Waals surface area contributed by atoms with E-state index in [1.807, 2.05) is 41.8 Å². The molecule has 0 amide bonds. The zero-order valence-electron chi connectivity index (χ0n) is 15.0. The number of hydrogen-bond donors (Lipinski definition) is 0. The van der Waals surface area contributed by atoms with E-state index < -0.39 is 0 Å². The number of aryl methyl sites for hydroxylation is 1. The monoisotopic (exact) mass is 435 g/mol. The van der Waals surface area contributed by atoms with E-state index in [9.17, 15) is 4.39 Å². The van der Waals surface area contributed by atoms with Crippen molar-refractivity contribution in [2.75, 3.05) is 0 Å². The van der Waals surface area contributed by atoms with Crippen LogP contribution in [0.15, 0.2) is 75.0 Å². The molecule has 0 radical (unpaired) electrons. The molecule has 6 heteroatoms. The highest BCUT2D eigenvalue weighted by molar-refractivity contribution is 9.10. The Balaban J connectivity index is 1.77. The van der Waals surface area contributed by atoms with Crippen molar-refractivity contribution in [1.29, 1.82) is 0 Å². The molecular weight excluding hydrogens is 421 g/mol. The molecule has 0 fully saturated rings. The van der Waals surface area contributed by atoms with E-state index in [0.717, 1.165) is 38.4 Å². The third kappa shape index (κ3) is 2.64. The van der Waals surface area contributed by atoms with Crippen LogP contribution >= 0.6 is 15.9 Å². The standard InChI is InChI=1S/C22H15BrFN3O/c1-13-8-9-28-22(13)21-19-11-25-20(15-4-2-3-5-17(15)24)16-10-14(23)6-7-18(16)27(19)12-26-21/h2-10,12H,11H2,1H3. The van der Waals surface area contributed by atoms with Crippen LogP contribution in [0.4, 0.5) is 4.39 Å². The van der Waals surface area contributed by atoms with Crippen molar-refractivity contribution >= 4 is 21.6 Å². The minimum Gasteiger partial charge on any atom is -0.462 e. The third-order valence-electron chi connectivity index (χ3n) is 4.93. The normalized spacial score (nSPS) is 12.9. The molecule has 0 aliphatic carbocycles. The minimum atomic E-state index is -0.293. The first-order valence-corrected chi connectivity index (χ1v) is 9.63. The average Bonchev–Trinajstić information content (AvgIpc) is 3.25. The van der Waals surface area contributed by atoms with Crippen molar-refractivity contribution in [3.63, 3.8) is 0 Å². The van der Waals surface area contributed by atoms with Gasteiger partial charge in [0.2, 0.25) is 0 Å². The lowest BCUT2D eigenvalue weighted by Crippen LogP contribution is -2.08. The predicted octanol–water partition coefficient (Wildman–Crippen LogP) is 5.69. The van der Waals surface area contributed by atoms with Gasteiger partial charge in [-0.15, -0.1) is 0 Å². The molecule has 2 aromatic heterocycles. The molecule has 1 aliphatic rings. The summed E-state index contributed by atoms with van der Waals surface area (Å²) in [7, 11) is 0. The van der Waals surface area contributed by atoms with E-state index in [0.29, 0.717) is 17.8 Å². The van der Waals surface area contributed by atoms with Gasteiger partial charge in [-0.3, -0.25) is 9.56 Å². The number of rotatable bonds is 2. The van der Waals surface area contributed by atoms with Crippen LogP contribution in [0.3, 0.4) is 0 Å². The average molecular weight is 436 g/mol. The second-order valence-electron chi connectivity index (χ2n) is 6.65. The van der Waals surface area contributed by atoms with Gasteiger partial charge in [0.25, 0.3) is 0 Å². The lowest BCUT2D eigenvalue weighted by atomic mass is 10.00. The Labute approximate surface area is 169 Å². The minimum absolute atomic E-state index is 0.293. The van der Waals surface area contributed by atoms with Gasteiger partial charge in [-0.2, -0.15) is 0 Å². The van der Waals surface area contributed by atoms with Gasteiger partial charge in [-0.25, -0.2) is 9.37 Å². The highest BCUT2D eigenvalue weighted by Gasteiger charge is 2.25. The van der Waals surface area contributed by atoms with Gasteiger partial charge in [0, 0.05) is 15.6 Å². The first-order valence-electron chi connectivity index (χ1n) is 8.84. The predicted molar refractivity (Wildman–Crippen MR) is 109 cm³/mol. The van der Waals surface area contributed by atoms with E-state index in [4.69, 9.17) is 9.41 Å². The van der Waals surface area contributed by atoms with Crippen LogP contribution in [0.2, 0.25) is 0 Å². The van der Waals surface area contributed by atoms with Crippen LogP contribution in [0.1, 0.15) is 22.4 Å². The molecule has 0 unspecified atom stereocenters. The Morgan fingerprint density at radius 2 is 1.96 bits per heavy atom. The Kier molecular flexibility index (Phi) is 4.02. The molecule has 3 heterocycles. The molecule has 0 atom stereocenters. The lowest BCUT2D eigenvalue weighted by molar-refractivity contribution is 0.578. The Morgan fingerprint density at radius 3 is 2.75 bits per heavy atom. The van der Waals surface area contributed by atoms with Gasteiger partial charge in [0.05, 0.1) is 29.9 Å². The summed E-state index contributed by atoms with van der Waals surface area (Å²) in [5, 5.41) is 0. The number of aromatic nitrogens is 2. The maximum Gasteiger partial charge on any atom is 0.157 e. The van der Waals surface area contributed by atoms with Crippen molar-refractivity contribution in [2.24, 2.45) is 4.99 Å². The van der Waals surface area contributed by atoms with Gasteiger partial charge in [-0.05, 0) is 48.9 Å². The molecule has 0 saturated heterocycles. The lowest BCUT2D eigenvalue weighted by Gasteiger charge is -2.12. The van der Waals surface area contributed by atoms with Crippen LogP contribution < -0.4 is 0 Å². The van der Waals surface area contributed by atoms with E-state index in [2.05, 4.69) is 20.9 Å². The highest BCUT2D eigenvalue weighted by Crippen LogP contribution is 2.33. The van der Waals surface area contributed by atoms with Crippen molar-refractivity contribution in [2.45, 2.75) is 13.5 Å². The molecule has 2 aromatic carbocycles. The molecular formula is C22H15BrFN3O. The summed E-state index contributed by atoms with van der Waals surface area (Å²) in [4.78, 5) is 9.40. The number of imidazole rings is 1. The number of nitrogens with zero attached hydrogens (tertiary/aromatic N) is 3. The SMILES string of the molecule is Cc1ccoc1-c1ncn2c1CN=C(c1ccccc1F)c1cc(Br)ccc1-2. The maximum absolute atomic E-state index is 14.6. The number of hydrogen-bond acceptors (Lipinski definition) is 3. The van der Waals surface area contributed by atoms with E-state index in [1.165, 1.54) is 6.07 Å². The Hall–Kier alpha value is -2.99. The van der Waals surface area contributed by atoms with Crippen LogP contribution in [0.5, 0.6) is 0 Å². The van der Waals surface area contributed by atoms with Crippen LogP contribution in [0, 0.1) is 12.7 Å². The van der Waals surface area contributed by atoms with Gasteiger partial charge in [0.1, 0.15) is 17.8 Å². The van der Waals surface area contributed by atoms with Crippen molar-refractivity contribution in [3.05, 3.63) is 93.8 Å². The van der Waals surface area contributed by atoms with Crippen LogP contribution in [0.25, 0.3) is 17.1 Å². The summed E-state index contributed by atoms with van der Waals surface area (Å²) in [6, 6.07) is 14.6. The molecule has 4 nitrogen and oxygen atoms in total. The molecule has 1 aliphatic heterocycles. The van der Waals surface area contributed by atoms with Crippen LogP contribution in [-0.2, 0) is 6.54 Å². The van der Waals surface area contributed by atoms with E-state index in [-0.39, 0.29) is 5.82 Å². The number of halogens is 2. The number of furan rings is 1. The molecule has 0 spiro atoms. The summed E-state index contributed by atoms with van der Waals surface area (Å²) in [5.41, 5.74) is 5.54. The smallest absolute Gasteiger partial charge is 0.157 e. The van der Waals surface area contributed by atoms with Crippen molar-refractivity contribution < 1.29 is 8.81 Å². The molecule has 5 rings (SSSR count). The van der Waals surface area contributed by atoms with Crippen LogP contribution in [-0.4, -0.2) is 15.3 Å². The first-order chi connectivity index (χ1) is 13.6. The van der Waals surface area contributed by atoms with E-state index >= 15 is 0 Å². The first kappa shape index (κ1) is 17.1. The van der Waals surface area contributed by atoms with Gasteiger partial charge in [-0.1, -0.05) is 28.1 Å². The summed E-state index contributed by atoms with van der Waals surface area (Å²) >= 11 is 3.53. The Bertz CT molecular complexity index is 1240. The van der Waals surface area contributed by atoms with Crippen molar-refractivity contribution in [1.82, 2.24) is 9.55 Å². The highest BCUT2D eigenvalue weighted by atomic mass is 79.9. The summed E-state index contributed by atoms with van der Waals surface area (Å²) in [6.45, 7) is 2.35. The number of fused-ring (bicyclic) bond motifs is 3. The molecule has 0 bridgehead atoms. The Morgan fingerprint density at radius 1 is 1.11 bits per heavy atom. The molecule has 28 heavy (non-hydrogen) atoms. The fraction of sp³-hybridized carbons (Fsp3) is 0.0909. The van der Waals surface area contributed by atoms with Gasteiger partial charge >= 0.3 is 0 Å². The third-order valence-corrected chi connectivity index (χ3v) is 5.43. The number of benzene rings is 2. The summed E-state index contributed by atoms with van der Waals surface area (Å²) < 4.78 is 23.2. The van der Waals surface area contributed by atoms with Crippen molar-refractivity contribution in [3.8, 4) is 17.1 Å². The number of aliphatic imine (C=N–C) groups is 1. The fourth-order valence-corrected chi connectivity index (χ4v) is 3.93. The zero-order chi connectivity index (χ0) is 19.3. The molecule has 138 valence electrons. The molecule has 4 aromatic rings. The molecule has 0 saturated carbocycles. The summed E-state index contributed by atoms with van der Waals surface area (Å²) in [6.07, 6.45) is 3.44. The topological polar surface area (TPSA) is 43.3 Å². The maximum atomic E-state index is 14.6. The molecule has 0 N–H and O–H groups in total. The van der Waals surface area contributed by atoms with Gasteiger partial charge in [0.15, 0.2) is 5.76 Å². The second-order valence-corrected chi connectivity index (χ2v) is 7.56. The zero-order valence-corrected chi connectivity index (χ0v) is 16.6. The quantitative estimate of drug-likeness (QED) is 0.405. The van der Waals surface area contributed by atoms with E-state index in [1.54, 1.807) is 24.7 Å². The van der Waals surface area contributed by atoms with Gasteiger partial charge < -0.3 is 4.42 Å². The largest absolute Gasteiger partial charge is 0.462 e. The second kappa shape index (κ2) is 6.56. The summed E-state index contributed by atoms with van der Waals surface area (Å²) in [5.74, 6) is 0.441. The fourth-order valence-electron chi connectivity index (χ4n) is 3.57.